The molecule has 0 radical (unpaired) electrons. The summed E-state index contributed by atoms with van der Waals surface area (Å²) in [7, 11) is 0. The Bertz CT molecular complexity index is 775. The van der Waals surface area contributed by atoms with E-state index in [1.807, 2.05) is 37.3 Å². The molecule has 1 heterocycles. The molecule has 1 aliphatic rings. The van der Waals surface area contributed by atoms with Crippen LogP contribution in [0.4, 0.5) is 11.4 Å². The minimum atomic E-state index is -0.445. The lowest BCUT2D eigenvalue weighted by molar-refractivity contribution is -0.384. The number of hydrogen-bond donors (Lipinski definition) is 0. The predicted molar refractivity (Wildman–Crippen MR) is 89.8 cm³/mol. The van der Waals surface area contributed by atoms with E-state index in [0.717, 1.165) is 10.6 Å². The number of nitro groups is 1. The standard InChI is InChI=1S/C16H13N3O3S/c1-11-15(23-14-9-7-13(8-10-14)19(21)22)16(20)18(17-11)12-5-3-2-4-6-12/h2-10,15H,1H3/t15-/m0/s1. The minimum Gasteiger partial charge on any atom is -0.271 e. The molecule has 1 aliphatic heterocycles. The van der Waals surface area contributed by atoms with Crippen LogP contribution in [0.5, 0.6) is 0 Å². The van der Waals surface area contributed by atoms with Crippen molar-refractivity contribution in [3.63, 3.8) is 0 Å². The van der Waals surface area contributed by atoms with Gasteiger partial charge in [-0.25, -0.2) is 0 Å². The first-order chi connectivity index (χ1) is 11.1. The molecule has 7 heteroatoms. The van der Waals surface area contributed by atoms with Crippen molar-refractivity contribution < 1.29 is 9.72 Å². The van der Waals surface area contributed by atoms with Gasteiger partial charge in [0, 0.05) is 17.0 Å². The molecule has 6 nitrogen and oxygen atoms in total. The molecule has 3 rings (SSSR count). The number of carbonyl (C=O) groups is 1. The second-order valence-electron chi connectivity index (χ2n) is 4.98. The van der Waals surface area contributed by atoms with Gasteiger partial charge in [-0.1, -0.05) is 18.2 Å². The van der Waals surface area contributed by atoms with Gasteiger partial charge in [-0.3, -0.25) is 14.9 Å². The van der Waals surface area contributed by atoms with E-state index in [1.165, 1.54) is 28.9 Å². The van der Waals surface area contributed by atoms with Crippen LogP contribution in [0.1, 0.15) is 6.92 Å². The molecule has 0 saturated heterocycles. The van der Waals surface area contributed by atoms with Crippen molar-refractivity contribution in [1.82, 2.24) is 0 Å². The van der Waals surface area contributed by atoms with Crippen LogP contribution < -0.4 is 5.01 Å². The number of hydrogen-bond acceptors (Lipinski definition) is 5. The Labute approximate surface area is 137 Å². The van der Waals surface area contributed by atoms with E-state index < -0.39 is 10.2 Å². The maximum Gasteiger partial charge on any atom is 0.269 e. The average Bonchev–Trinajstić information content (AvgIpc) is 2.84. The molecule has 0 bridgehead atoms. The third-order valence-electron chi connectivity index (χ3n) is 3.37. The highest BCUT2D eigenvalue weighted by Gasteiger charge is 2.35. The Morgan fingerprint density at radius 2 is 1.78 bits per heavy atom. The van der Waals surface area contributed by atoms with Crippen LogP contribution >= 0.6 is 11.8 Å². The van der Waals surface area contributed by atoms with E-state index >= 15 is 0 Å². The summed E-state index contributed by atoms with van der Waals surface area (Å²) in [5.74, 6) is -0.114. The second-order valence-corrected chi connectivity index (χ2v) is 6.15. The maximum atomic E-state index is 12.6. The summed E-state index contributed by atoms with van der Waals surface area (Å²) in [6.45, 7) is 1.81. The Hall–Kier alpha value is -2.67. The predicted octanol–water partition coefficient (Wildman–Crippen LogP) is 3.48. The first-order valence-electron chi connectivity index (χ1n) is 6.91. The quantitative estimate of drug-likeness (QED) is 0.636. The Morgan fingerprint density at radius 3 is 2.39 bits per heavy atom. The number of thioether (sulfide) groups is 1. The van der Waals surface area contributed by atoms with Crippen LogP contribution in [0.15, 0.2) is 64.6 Å². The number of anilines is 1. The van der Waals surface area contributed by atoms with E-state index in [9.17, 15) is 14.9 Å². The molecule has 0 spiro atoms. The lowest BCUT2D eigenvalue weighted by atomic mass is 10.3. The summed E-state index contributed by atoms with van der Waals surface area (Å²) >= 11 is 1.34. The number of carbonyl (C=O) groups excluding carboxylic acids is 1. The molecule has 1 atom stereocenters. The van der Waals surface area contributed by atoms with Gasteiger partial charge in [0.1, 0.15) is 5.25 Å². The summed E-state index contributed by atoms with van der Waals surface area (Å²) in [5, 5.41) is 16.0. The van der Waals surface area contributed by atoms with Gasteiger partial charge in [0.25, 0.3) is 11.6 Å². The van der Waals surface area contributed by atoms with Gasteiger partial charge in [0.05, 0.1) is 16.3 Å². The first kappa shape index (κ1) is 15.2. The number of amides is 1. The highest BCUT2D eigenvalue weighted by molar-refractivity contribution is 8.01. The molecule has 0 N–H and O–H groups in total. The smallest absolute Gasteiger partial charge is 0.269 e. The first-order valence-corrected chi connectivity index (χ1v) is 7.79. The fourth-order valence-corrected chi connectivity index (χ4v) is 3.21. The molecule has 0 fully saturated rings. The lowest BCUT2D eigenvalue weighted by Crippen LogP contribution is -2.28. The van der Waals surface area contributed by atoms with Crippen molar-refractivity contribution in [2.24, 2.45) is 5.10 Å². The number of hydrazone groups is 1. The lowest BCUT2D eigenvalue weighted by Gasteiger charge is -2.14. The number of rotatable bonds is 4. The molecule has 0 aromatic heterocycles. The van der Waals surface area contributed by atoms with Gasteiger partial charge in [0.2, 0.25) is 0 Å². The van der Waals surface area contributed by atoms with Gasteiger partial charge in [-0.15, -0.1) is 11.8 Å². The second kappa shape index (κ2) is 6.21. The summed E-state index contributed by atoms with van der Waals surface area (Å²) < 4.78 is 0. The van der Waals surface area contributed by atoms with Crippen LogP contribution in [0.3, 0.4) is 0 Å². The van der Waals surface area contributed by atoms with Crippen LogP contribution in [0.2, 0.25) is 0 Å². The molecule has 2 aromatic rings. The van der Waals surface area contributed by atoms with Crippen molar-refractivity contribution in [1.29, 1.82) is 0 Å². The fourth-order valence-electron chi connectivity index (χ4n) is 2.22. The topological polar surface area (TPSA) is 75.8 Å². The number of benzene rings is 2. The zero-order valence-corrected chi connectivity index (χ0v) is 13.1. The van der Waals surface area contributed by atoms with Crippen molar-refractivity contribution in [3.05, 3.63) is 64.7 Å². The molecule has 0 unspecified atom stereocenters. The van der Waals surface area contributed by atoms with E-state index in [4.69, 9.17) is 0 Å². The zero-order valence-electron chi connectivity index (χ0n) is 12.2. The molecule has 1 amide bonds. The third-order valence-corrected chi connectivity index (χ3v) is 4.70. The number of nitro benzene ring substituents is 1. The van der Waals surface area contributed by atoms with Crippen LogP contribution in [0, 0.1) is 10.1 Å². The Morgan fingerprint density at radius 1 is 1.13 bits per heavy atom. The fraction of sp³-hybridized carbons (Fsp3) is 0.125. The van der Waals surface area contributed by atoms with Gasteiger partial charge in [-0.2, -0.15) is 10.1 Å². The van der Waals surface area contributed by atoms with Crippen molar-refractivity contribution in [2.45, 2.75) is 17.1 Å². The molecule has 23 heavy (non-hydrogen) atoms. The van der Waals surface area contributed by atoms with Gasteiger partial charge in [0.15, 0.2) is 0 Å². The number of para-hydroxylation sites is 1. The molecule has 2 aromatic carbocycles. The summed E-state index contributed by atoms with van der Waals surface area (Å²) in [4.78, 5) is 23.6. The average molecular weight is 327 g/mol. The summed E-state index contributed by atoms with van der Waals surface area (Å²) in [6, 6.07) is 15.4. The van der Waals surface area contributed by atoms with Crippen LogP contribution in [0.25, 0.3) is 0 Å². The number of non-ortho nitro benzene ring substituents is 1. The maximum absolute atomic E-state index is 12.6. The van der Waals surface area contributed by atoms with E-state index in [1.54, 1.807) is 12.1 Å². The molecule has 0 aliphatic carbocycles. The van der Waals surface area contributed by atoms with Crippen molar-refractivity contribution in [2.75, 3.05) is 5.01 Å². The highest BCUT2D eigenvalue weighted by atomic mass is 32.2. The van der Waals surface area contributed by atoms with Gasteiger partial charge in [-0.05, 0) is 31.2 Å². The normalized spacial score (nSPS) is 17.3. The van der Waals surface area contributed by atoms with Crippen molar-refractivity contribution >= 4 is 34.8 Å². The molecule has 0 saturated carbocycles. The highest BCUT2D eigenvalue weighted by Crippen LogP contribution is 2.32. The van der Waals surface area contributed by atoms with Crippen LogP contribution in [-0.2, 0) is 4.79 Å². The minimum absolute atomic E-state index is 0.0309. The van der Waals surface area contributed by atoms with Crippen LogP contribution in [-0.4, -0.2) is 21.8 Å². The Kier molecular flexibility index (Phi) is 4.12. The molecule has 116 valence electrons. The number of nitrogens with zero attached hydrogens (tertiary/aromatic N) is 3. The monoisotopic (exact) mass is 327 g/mol. The SMILES string of the molecule is CC1=NN(c2ccccc2)C(=O)[C@H]1Sc1ccc([N+](=O)[O-])cc1. The zero-order chi connectivity index (χ0) is 16.4. The van der Waals surface area contributed by atoms with E-state index in [0.29, 0.717) is 5.71 Å². The molecular formula is C16H13N3O3S. The third kappa shape index (κ3) is 3.09. The molecular weight excluding hydrogens is 314 g/mol. The van der Waals surface area contributed by atoms with E-state index in [-0.39, 0.29) is 11.6 Å². The summed E-state index contributed by atoms with van der Waals surface area (Å²) in [5.41, 5.74) is 1.47. The van der Waals surface area contributed by atoms with Crippen molar-refractivity contribution in [3.8, 4) is 0 Å². The Balaban J connectivity index is 1.78. The van der Waals surface area contributed by atoms with E-state index in [2.05, 4.69) is 5.10 Å². The van der Waals surface area contributed by atoms with Gasteiger partial charge < -0.3 is 0 Å². The summed E-state index contributed by atoms with van der Waals surface area (Å²) in [6.07, 6.45) is 0. The largest absolute Gasteiger partial charge is 0.271 e. The van der Waals surface area contributed by atoms with Gasteiger partial charge >= 0.3 is 0 Å².